The Morgan fingerprint density at radius 2 is 1.88 bits per heavy atom. The van der Waals surface area contributed by atoms with Crippen LogP contribution in [0.5, 0.6) is 11.5 Å². The van der Waals surface area contributed by atoms with Crippen molar-refractivity contribution in [1.29, 1.82) is 0 Å². The quantitative estimate of drug-likeness (QED) is 0.550. The van der Waals surface area contributed by atoms with Gasteiger partial charge in [-0.05, 0) is 43.9 Å². The molecule has 0 saturated heterocycles. The van der Waals surface area contributed by atoms with Crippen molar-refractivity contribution in [3.63, 3.8) is 0 Å². The second-order valence-electron chi connectivity index (χ2n) is 7.85. The van der Waals surface area contributed by atoms with E-state index in [-0.39, 0.29) is 43.9 Å². The van der Waals surface area contributed by atoms with Crippen molar-refractivity contribution < 1.29 is 26.7 Å². The molecule has 1 aromatic carbocycles. The molecule has 0 bridgehead atoms. The van der Waals surface area contributed by atoms with Gasteiger partial charge in [0.2, 0.25) is 16.8 Å². The van der Waals surface area contributed by atoms with Gasteiger partial charge in [0.15, 0.2) is 0 Å². The van der Waals surface area contributed by atoms with Crippen LogP contribution in [-0.2, 0) is 24.4 Å². The summed E-state index contributed by atoms with van der Waals surface area (Å²) in [5, 5.41) is 0. The lowest BCUT2D eigenvalue weighted by Gasteiger charge is -2.29. The molecule has 3 rings (SSSR count). The van der Waals surface area contributed by atoms with Gasteiger partial charge < -0.3 is 14.0 Å². The average Bonchev–Trinajstić information content (AvgIpc) is 2.73. The van der Waals surface area contributed by atoms with Crippen molar-refractivity contribution in [1.82, 2.24) is 9.29 Å². The molecule has 0 atom stereocenters. The molecule has 1 fully saturated rings. The molecule has 0 unspecified atom stereocenters. The van der Waals surface area contributed by atoms with Gasteiger partial charge in [0.05, 0.1) is 12.7 Å². The molecule has 1 aliphatic carbocycles. The second kappa shape index (κ2) is 10.4. The maximum Gasteiger partial charge on any atom is 0.254 e. The monoisotopic (exact) mass is 470 g/mol. The number of aryl methyl sites for hydroxylation is 1. The Morgan fingerprint density at radius 1 is 1.16 bits per heavy atom. The van der Waals surface area contributed by atoms with Gasteiger partial charge in [-0.1, -0.05) is 6.07 Å². The lowest BCUT2D eigenvalue weighted by atomic mass is 9.94. The number of ether oxygens (including phenoxy) is 2. The SMILES string of the molecule is CCOc1cc(=O)n(C)cc1-c1cc(CCN[SH](=O)=O)ccc1OC1CCC(F)(F)CC1. The van der Waals surface area contributed by atoms with Crippen molar-refractivity contribution in [3.8, 4) is 22.6 Å². The maximum absolute atomic E-state index is 13.6. The Hall–Kier alpha value is -2.46. The molecular weight excluding hydrogens is 442 g/mol. The zero-order chi connectivity index (χ0) is 23.3. The van der Waals surface area contributed by atoms with Crippen LogP contribution in [0.25, 0.3) is 11.1 Å². The Kier molecular flexibility index (Phi) is 7.89. The van der Waals surface area contributed by atoms with Gasteiger partial charge in [-0.25, -0.2) is 21.9 Å². The normalized spacial score (nSPS) is 16.3. The van der Waals surface area contributed by atoms with Crippen LogP contribution in [0.15, 0.2) is 35.3 Å². The van der Waals surface area contributed by atoms with Crippen LogP contribution in [0.2, 0.25) is 0 Å². The molecule has 32 heavy (non-hydrogen) atoms. The van der Waals surface area contributed by atoms with Gasteiger partial charge in [0.25, 0.3) is 5.56 Å². The number of pyridine rings is 1. The first-order chi connectivity index (χ1) is 15.2. The molecule has 0 radical (unpaired) electrons. The van der Waals surface area contributed by atoms with E-state index in [1.54, 1.807) is 19.3 Å². The number of halogens is 2. The van der Waals surface area contributed by atoms with E-state index in [4.69, 9.17) is 9.47 Å². The fourth-order valence-corrected chi connectivity index (χ4v) is 4.03. The predicted molar refractivity (Wildman–Crippen MR) is 118 cm³/mol. The van der Waals surface area contributed by atoms with Crippen LogP contribution >= 0.6 is 0 Å². The van der Waals surface area contributed by atoms with Crippen molar-refractivity contribution in [2.75, 3.05) is 13.2 Å². The summed E-state index contributed by atoms with van der Waals surface area (Å²) in [6, 6.07) is 6.84. The van der Waals surface area contributed by atoms with Gasteiger partial charge in [0, 0.05) is 49.8 Å². The highest BCUT2D eigenvalue weighted by atomic mass is 32.2. The summed E-state index contributed by atoms with van der Waals surface area (Å²) in [5.74, 6) is -1.75. The van der Waals surface area contributed by atoms with Crippen molar-refractivity contribution >= 4 is 10.9 Å². The number of hydrogen-bond donors (Lipinski definition) is 2. The number of nitrogens with zero attached hydrogens (tertiary/aromatic N) is 1. The zero-order valence-corrected chi connectivity index (χ0v) is 19.0. The van der Waals surface area contributed by atoms with Gasteiger partial charge in [-0.2, -0.15) is 0 Å². The molecule has 1 saturated carbocycles. The molecule has 2 aromatic rings. The number of rotatable bonds is 9. The van der Waals surface area contributed by atoms with Gasteiger partial charge in [-0.3, -0.25) is 4.79 Å². The summed E-state index contributed by atoms with van der Waals surface area (Å²) in [7, 11) is -1.06. The number of alkyl halides is 2. The Morgan fingerprint density at radius 3 is 2.53 bits per heavy atom. The second-order valence-corrected chi connectivity index (χ2v) is 8.68. The molecule has 1 N–H and O–H groups in total. The highest BCUT2D eigenvalue weighted by molar-refractivity contribution is 7.70. The standard InChI is InChI=1S/C22H28F2N2O5S/c1-3-30-20-13-21(27)26(2)14-18(20)17-12-15(8-11-25-32(28)29)4-5-19(17)31-16-6-9-22(23,24)10-7-16/h4-5,12-14,16,32H,3,6-11H2,1-2H3,(H,25,28,29). The minimum absolute atomic E-state index is 0.214. The van der Waals surface area contributed by atoms with Crippen LogP contribution < -0.4 is 19.8 Å². The largest absolute Gasteiger partial charge is 0.493 e. The lowest BCUT2D eigenvalue weighted by molar-refractivity contribution is -0.0581. The van der Waals surface area contributed by atoms with Crippen molar-refractivity contribution in [2.24, 2.45) is 7.05 Å². The average molecular weight is 471 g/mol. The Balaban J connectivity index is 1.98. The van der Waals surface area contributed by atoms with E-state index < -0.39 is 16.8 Å². The summed E-state index contributed by atoms with van der Waals surface area (Å²) >= 11 is 0. The Bertz CT molecular complexity index is 1070. The Labute approximate surface area is 187 Å². The molecule has 10 heteroatoms. The summed E-state index contributed by atoms with van der Waals surface area (Å²) in [5.41, 5.74) is 1.91. The fraction of sp³-hybridized carbons (Fsp3) is 0.500. The number of hydrogen-bond acceptors (Lipinski definition) is 5. The van der Waals surface area contributed by atoms with E-state index in [9.17, 15) is 22.0 Å². The van der Waals surface area contributed by atoms with E-state index in [0.717, 1.165) is 5.56 Å². The third kappa shape index (κ3) is 6.29. The molecule has 176 valence electrons. The van der Waals surface area contributed by atoms with Crippen LogP contribution in [-0.4, -0.2) is 38.2 Å². The van der Waals surface area contributed by atoms with Crippen LogP contribution in [0.4, 0.5) is 8.78 Å². The first-order valence-corrected chi connectivity index (χ1v) is 11.8. The highest BCUT2D eigenvalue weighted by Gasteiger charge is 2.36. The van der Waals surface area contributed by atoms with Crippen LogP contribution in [0.3, 0.4) is 0 Å². The molecule has 1 aliphatic rings. The minimum Gasteiger partial charge on any atom is -0.493 e. The van der Waals surface area contributed by atoms with E-state index in [1.807, 2.05) is 19.1 Å². The summed E-state index contributed by atoms with van der Waals surface area (Å²) in [4.78, 5) is 12.1. The molecule has 1 aromatic heterocycles. The number of aromatic nitrogens is 1. The summed E-state index contributed by atoms with van der Waals surface area (Å²) in [6.07, 6.45) is 1.83. The van der Waals surface area contributed by atoms with Crippen LogP contribution in [0, 0.1) is 0 Å². The third-order valence-corrected chi connectivity index (χ3v) is 5.92. The van der Waals surface area contributed by atoms with Crippen molar-refractivity contribution in [3.05, 3.63) is 46.4 Å². The molecule has 7 nitrogen and oxygen atoms in total. The molecule has 0 amide bonds. The van der Waals surface area contributed by atoms with Crippen LogP contribution in [0.1, 0.15) is 38.2 Å². The first kappa shape index (κ1) is 24.2. The van der Waals surface area contributed by atoms with Gasteiger partial charge in [0.1, 0.15) is 11.5 Å². The number of nitrogens with one attached hydrogen (secondary N) is 1. The molecule has 0 spiro atoms. The van der Waals surface area contributed by atoms with Gasteiger partial charge in [-0.15, -0.1) is 0 Å². The topological polar surface area (TPSA) is 86.6 Å². The summed E-state index contributed by atoms with van der Waals surface area (Å²) < 4.78 is 64.3. The lowest BCUT2D eigenvalue weighted by Crippen LogP contribution is -2.30. The maximum atomic E-state index is 13.6. The smallest absolute Gasteiger partial charge is 0.254 e. The fourth-order valence-electron chi connectivity index (χ4n) is 3.74. The van der Waals surface area contributed by atoms with Gasteiger partial charge >= 0.3 is 0 Å². The summed E-state index contributed by atoms with van der Waals surface area (Å²) in [6.45, 7) is 2.41. The number of benzene rings is 1. The van der Waals surface area contributed by atoms with Crippen molar-refractivity contribution in [2.45, 2.75) is 51.1 Å². The van der Waals surface area contributed by atoms with E-state index in [2.05, 4.69) is 4.72 Å². The predicted octanol–water partition coefficient (Wildman–Crippen LogP) is 3.07. The zero-order valence-electron chi connectivity index (χ0n) is 18.1. The van der Waals surface area contributed by atoms with E-state index >= 15 is 0 Å². The van der Waals surface area contributed by atoms with E-state index in [0.29, 0.717) is 35.7 Å². The number of thiol groups is 1. The molecule has 0 aliphatic heterocycles. The molecule has 1 heterocycles. The highest BCUT2D eigenvalue weighted by Crippen LogP contribution is 2.40. The third-order valence-electron chi connectivity index (χ3n) is 5.44. The first-order valence-electron chi connectivity index (χ1n) is 10.6. The van der Waals surface area contributed by atoms with E-state index in [1.165, 1.54) is 10.6 Å². The molecular formula is C22H28F2N2O5S. The minimum atomic E-state index is -2.69.